The molecule has 1 saturated heterocycles. The molecule has 8 nitrogen and oxygen atoms in total. The Labute approximate surface area is 136 Å². The van der Waals surface area contributed by atoms with Crippen LogP contribution < -0.4 is 15.5 Å². The summed E-state index contributed by atoms with van der Waals surface area (Å²) in [4.78, 5) is 25.7. The van der Waals surface area contributed by atoms with E-state index in [1.54, 1.807) is 29.0 Å². The highest BCUT2D eigenvalue weighted by atomic mass is 16.5. The van der Waals surface area contributed by atoms with Gasteiger partial charge in [0.05, 0.1) is 17.1 Å². The Kier molecular flexibility index (Phi) is 4.00. The summed E-state index contributed by atoms with van der Waals surface area (Å²) in [5.74, 6) is -0.00581. The van der Waals surface area contributed by atoms with Gasteiger partial charge in [-0.2, -0.15) is 0 Å². The van der Waals surface area contributed by atoms with Crippen LogP contribution in [0.15, 0.2) is 35.1 Å². The maximum atomic E-state index is 12.3. The van der Waals surface area contributed by atoms with Crippen molar-refractivity contribution in [1.82, 2.24) is 14.8 Å². The first-order valence-electron chi connectivity index (χ1n) is 7.41. The van der Waals surface area contributed by atoms with Gasteiger partial charge in [-0.3, -0.25) is 4.79 Å². The van der Waals surface area contributed by atoms with E-state index in [0.29, 0.717) is 22.5 Å². The molecule has 0 atom stereocenters. The zero-order valence-corrected chi connectivity index (χ0v) is 12.8. The van der Waals surface area contributed by atoms with Gasteiger partial charge in [0.1, 0.15) is 5.56 Å². The third-order valence-electron chi connectivity index (χ3n) is 4.14. The first kappa shape index (κ1) is 16.0. The van der Waals surface area contributed by atoms with Crippen LogP contribution in [-0.2, 0) is 0 Å². The lowest BCUT2D eigenvalue weighted by Gasteiger charge is -2.32. The average molecular weight is 331 g/mol. The van der Waals surface area contributed by atoms with Crippen molar-refractivity contribution in [1.29, 1.82) is 0 Å². The number of rotatable bonds is 2. The van der Waals surface area contributed by atoms with E-state index in [2.05, 4.69) is 10.2 Å². The van der Waals surface area contributed by atoms with Gasteiger partial charge in [-0.05, 0) is 12.1 Å². The Morgan fingerprint density at radius 3 is 2.71 bits per heavy atom. The Hall–Kier alpha value is -2.84. The fourth-order valence-electron chi connectivity index (χ4n) is 3.01. The summed E-state index contributed by atoms with van der Waals surface area (Å²) >= 11 is 0. The zero-order chi connectivity index (χ0) is 16.0. The largest absolute Gasteiger partial charge is 0.477 e. The predicted molar refractivity (Wildman–Crippen MR) is 88.1 cm³/mol. The third kappa shape index (κ3) is 2.41. The summed E-state index contributed by atoms with van der Waals surface area (Å²) < 4.78 is 7.63. The summed E-state index contributed by atoms with van der Waals surface area (Å²) in [7, 11) is 0. The number of hydrogen-bond acceptors (Lipinski definition) is 5. The van der Waals surface area contributed by atoms with Crippen LogP contribution in [0, 0.1) is 0 Å². The van der Waals surface area contributed by atoms with Crippen molar-refractivity contribution in [2.45, 2.75) is 0 Å². The van der Waals surface area contributed by atoms with E-state index in [0.717, 1.165) is 26.2 Å². The number of para-hydroxylation sites is 1. The standard InChI is InChI=1S/C16H15N3O4.H2O/c20-15-10-2-1-3-12-14(10)19(8-11(15)16(21)22)9-13(23-12)18-6-4-17-5-7-18;/h1-3,8-9,17H,4-7H2,(H,21,22);1H2. The highest BCUT2D eigenvalue weighted by molar-refractivity contribution is 5.95. The van der Waals surface area contributed by atoms with Crippen molar-refractivity contribution >= 4 is 23.1 Å². The summed E-state index contributed by atoms with van der Waals surface area (Å²) in [5, 5.41) is 12.9. The van der Waals surface area contributed by atoms with E-state index in [-0.39, 0.29) is 11.0 Å². The topological polar surface area (TPSA) is 115 Å². The number of carboxylic acid groups (broad SMARTS) is 1. The normalized spacial score (nSPS) is 16.2. The first-order chi connectivity index (χ1) is 11.1. The lowest BCUT2D eigenvalue weighted by Crippen LogP contribution is -2.44. The summed E-state index contributed by atoms with van der Waals surface area (Å²) in [5.41, 5.74) is -0.137. The Bertz CT molecular complexity index is 896. The summed E-state index contributed by atoms with van der Waals surface area (Å²) in [6.45, 7) is 3.34. The highest BCUT2D eigenvalue weighted by Crippen LogP contribution is 2.31. The molecule has 1 fully saturated rings. The third-order valence-corrected chi connectivity index (χ3v) is 4.14. The number of nitrogens with one attached hydrogen (secondary N) is 1. The Morgan fingerprint density at radius 1 is 1.25 bits per heavy atom. The predicted octanol–water partition coefficient (Wildman–Crippen LogP) is -0.0715. The van der Waals surface area contributed by atoms with Crippen molar-refractivity contribution in [3.05, 3.63) is 46.1 Å². The molecule has 0 saturated carbocycles. The van der Waals surface area contributed by atoms with E-state index in [9.17, 15) is 14.7 Å². The second-order valence-electron chi connectivity index (χ2n) is 5.54. The van der Waals surface area contributed by atoms with Gasteiger partial charge in [0.25, 0.3) is 0 Å². The minimum absolute atomic E-state index is 0. The Morgan fingerprint density at radius 2 is 2.00 bits per heavy atom. The van der Waals surface area contributed by atoms with E-state index in [4.69, 9.17) is 4.74 Å². The maximum Gasteiger partial charge on any atom is 0.341 e. The minimum Gasteiger partial charge on any atom is -0.477 e. The zero-order valence-electron chi connectivity index (χ0n) is 12.8. The van der Waals surface area contributed by atoms with Crippen molar-refractivity contribution < 1.29 is 20.1 Å². The molecule has 0 spiro atoms. The van der Waals surface area contributed by atoms with Gasteiger partial charge in [-0.1, -0.05) is 6.07 Å². The molecule has 2 aliphatic rings. The lowest BCUT2D eigenvalue weighted by molar-refractivity contribution is 0.0695. The first-order valence-corrected chi connectivity index (χ1v) is 7.41. The molecule has 0 unspecified atom stereocenters. The molecule has 24 heavy (non-hydrogen) atoms. The molecule has 0 amide bonds. The fourth-order valence-corrected chi connectivity index (χ4v) is 3.01. The number of hydrogen-bond donors (Lipinski definition) is 2. The monoisotopic (exact) mass is 331 g/mol. The Balaban J connectivity index is 0.00000169. The molecule has 126 valence electrons. The quantitative estimate of drug-likeness (QED) is 0.796. The van der Waals surface area contributed by atoms with Crippen molar-refractivity contribution in [3.63, 3.8) is 0 Å². The minimum atomic E-state index is -1.23. The molecule has 2 aliphatic heterocycles. The number of ether oxygens (including phenoxy) is 1. The smallest absolute Gasteiger partial charge is 0.341 e. The number of piperazine rings is 1. The van der Waals surface area contributed by atoms with Crippen LogP contribution in [0.25, 0.3) is 17.1 Å². The number of nitrogens with zero attached hydrogens (tertiary/aromatic N) is 2. The van der Waals surface area contributed by atoms with Crippen LogP contribution in [0.1, 0.15) is 10.4 Å². The summed E-state index contributed by atoms with van der Waals surface area (Å²) in [6, 6.07) is 5.11. The molecular formula is C16H17N3O5. The van der Waals surface area contributed by atoms with Gasteiger partial charge in [-0.15, -0.1) is 0 Å². The molecule has 0 aliphatic carbocycles. The van der Waals surface area contributed by atoms with E-state index in [1.165, 1.54) is 6.20 Å². The van der Waals surface area contributed by atoms with Crippen LogP contribution in [0.4, 0.5) is 0 Å². The van der Waals surface area contributed by atoms with Gasteiger partial charge in [0, 0.05) is 32.4 Å². The second-order valence-corrected chi connectivity index (χ2v) is 5.54. The van der Waals surface area contributed by atoms with Crippen LogP contribution in [0.3, 0.4) is 0 Å². The molecular weight excluding hydrogens is 314 g/mol. The molecule has 3 heterocycles. The number of aromatic nitrogens is 1. The number of pyridine rings is 1. The van der Waals surface area contributed by atoms with Gasteiger partial charge < -0.3 is 30.1 Å². The number of carboxylic acids is 1. The van der Waals surface area contributed by atoms with E-state index in [1.807, 2.05) is 0 Å². The van der Waals surface area contributed by atoms with Crippen LogP contribution in [0.2, 0.25) is 0 Å². The fraction of sp³-hybridized carbons (Fsp3) is 0.250. The van der Waals surface area contributed by atoms with Gasteiger partial charge >= 0.3 is 5.97 Å². The molecule has 0 radical (unpaired) electrons. The second kappa shape index (κ2) is 5.99. The highest BCUT2D eigenvalue weighted by Gasteiger charge is 2.23. The van der Waals surface area contributed by atoms with Gasteiger partial charge in [0.15, 0.2) is 5.75 Å². The molecule has 2 aromatic rings. The number of carbonyl (C=O) groups is 1. The molecule has 1 aromatic carbocycles. The van der Waals surface area contributed by atoms with Crippen LogP contribution in [-0.4, -0.2) is 52.2 Å². The SMILES string of the molecule is O.O=C(O)c1cn2c3c(cccc3c1=O)OC(N1CCNCC1)=C2. The van der Waals surface area contributed by atoms with Gasteiger partial charge in [-0.25, -0.2) is 4.79 Å². The van der Waals surface area contributed by atoms with Crippen LogP contribution >= 0.6 is 0 Å². The van der Waals surface area contributed by atoms with E-state index >= 15 is 0 Å². The van der Waals surface area contributed by atoms with Crippen molar-refractivity contribution in [2.24, 2.45) is 0 Å². The lowest BCUT2D eigenvalue weighted by atomic mass is 10.1. The van der Waals surface area contributed by atoms with Gasteiger partial charge in [0.2, 0.25) is 11.3 Å². The average Bonchev–Trinajstić information content (AvgIpc) is 2.58. The maximum absolute atomic E-state index is 12.3. The van der Waals surface area contributed by atoms with Crippen molar-refractivity contribution in [3.8, 4) is 5.75 Å². The number of benzene rings is 1. The molecule has 8 heteroatoms. The molecule has 1 aromatic heterocycles. The van der Waals surface area contributed by atoms with Crippen molar-refractivity contribution in [2.75, 3.05) is 26.2 Å². The van der Waals surface area contributed by atoms with Crippen LogP contribution in [0.5, 0.6) is 5.75 Å². The summed E-state index contributed by atoms with van der Waals surface area (Å²) in [6.07, 6.45) is 3.10. The van der Waals surface area contributed by atoms with E-state index < -0.39 is 11.4 Å². The molecule has 0 bridgehead atoms. The molecule has 4 rings (SSSR count). The number of aromatic carboxylic acids is 1. The molecule has 4 N–H and O–H groups in total.